The molecular weight excluding hydrogens is 210 g/mol. The van der Waals surface area contributed by atoms with Crippen LogP contribution in [0.25, 0.3) is 0 Å². The van der Waals surface area contributed by atoms with Crippen LogP contribution in [0.2, 0.25) is 0 Å². The minimum absolute atomic E-state index is 0.438. The van der Waals surface area contributed by atoms with Crippen LogP contribution in [-0.4, -0.2) is 46.1 Å². The van der Waals surface area contributed by atoms with E-state index in [-0.39, 0.29) is 0 Å². The third-order valence-corrected chi connectivity index (χ3v) is 3.72. The van der Waals surface area contributed by atoms with Gasteiger partial charge in [0.2, 0.25) is 0 Å². The standard InChI is InChI=1S/C11H19NO2S/c1-8(11(13)14)4-5-12-6-9(2)15-10(3)7-12/h4,9-10H,5-7H2,1-3H3,(H,13,14). The zero-order valence-electron chi connectivity index (χ0n) is 9.56. The summed E-state index contributed by atoms with van der Waals surface area (Å²) in [5.41, 5.74) is 0.438. The average Bonchev–Trinajstić information content (AvgIpc) is 2.12. The van der Waals surface area contributed by atoms with Crippen molar-refractivity contribution in [3.63, 3.8) is 0 Å². The number of thioether (sulfide) groups is 1. The molecule has 3 nitrogen and oxygen atoms in total. The molecule has 0 amide bonds. The zero-order valence-corrected chi connectivity index (χ0v) is 10.4. The molecule has 1 saturated heterocycles. The molecule has 0 aromatic carbocycles. The number of carboxylic acids is 1. The zero-order chi connectivity index (χ0) is 11.4. The van der Waals surface area contributed by atoms with Crippen molar-refractivity contribution in [2.75, 3.05) is 19.6 Å². The molecule has 1 heterocycles. The number of nitrogens with zero attached hydrogens (tertiary/aromatic N) is 1. The molecular formula is C11H19NO2S. The van der Waals surface area contributed by atoms with Crippen LogP contribution in [-0.2, 0) is 4.79 Å². The summed E-state index contributed by atoms with van der Waals surface area (Å²) in [5.74, 6) is -0.817. The van der Waals surface area contributed by atoms with Gasteiger partial charge in [-0.1, -0.05) is 19.9 Å². The minimum Gasteiger partial charge on any atom is -0.478 e. The highest BCUT2D eigenvalue weighted by Gasteiger charge is 2.21. The van der Waals surface area contributed by atoms with Crippen molar-refractivity contribution in [1.82, 2.24) is 4.90 Å². The fraction of sp³-hybridized carbons (Fsp3) is 0.727. The van der Waals surface area contributed by atoms with E-state index in [2.05, 4.69) is 18.7 Å². The maximum atomic E-state index is 10.6. The smallest absolute Gasteiger partial charge is 0.330 e. The molecule has 15 heavy (non-hydrogen) atoms. The third kappa shape index (κ3) is 4.26. The molecule has 1 aliphatic rings. The van der Waals surface area contributed by atoms with Crippen LogP contribution in [0.1, 0.15) is 20.8 Å². The summed E-state index contributed by atoms with van der Waals surface area (Å²) in [6, 6.07) is 0. The largest absolute Gasteiger partial charge is 0.478 e. The van der Waals surface area contributed by atoms with Gasteiger partial charge in [0, 0.05) is 35.7 Å². The van der Waals surface area contributed by atoms with Gasteiger partial charge in [0.05, 0.1) is 0 Å². The summed E-state index contributed by atoms with van der Waals surface area (Å²) >= 11 is 2.01. The van der Waals surface area contributed by atoms with Gasteiger partial charge < -0.3 is 5.11 Å². The lowest BCUT2D eigenvalue weighted by Gasteiger charge is -2.33. The summed E-state index contributed by atoms with van der Waals surface area (Å²) in [6.07, 6.45) is 1.80. The quantitative estimate of drug-likeness (QED) is 0.750. The Bertz CT molecular complexity index is 255. The van der Waals surface area contributed by atoms with Gasteiger partial charge in [0.25, 0.3) is 0 Å². The Balaban J connectivity index is 2.45. The van der Waals surface area contributed by atoms with E-state index < -0.39 is 5.97 Å². The monoisotopic (exact) mass is 229 g/mol. The summed E-state index contributed by atoms with van der Waals surface area (Å²) in [5, 5.41) is 10.0. The molecule has 86 valence electrons. The van der Waals surface area contributed by atoms with Crippen molar-refractivity contribution in [1.29, 1.82) is 0 Å². The van der Waals surface area contributed by atoms with Gasteiger partial charge in [-0.2, -0.15) is 11.8 Å². The van der Waals surface area contributed by atoms with E-state index in [1.165, 1.54) is 0 Å². The Hall–Kier alpha value is -0.480. The first-order chi connectivity index (χ1) is 6.99. The lowest BCUT2D eigenvalue weighted by atomic mass is 10.2. The van der Waals surface area contributed by atoms with Gasteiger partial charge in [-0.3, -0.25) is 4.90 Å². The molecule has 1 fully saturated rings. The Labute approximate surface area is 95.5 Å². The molecule has 2 unspecified atom stereocenters. The highest BCUT2D eigenvalue weighted by atomic mass is 32.2. The lowest BCUT2D eigenvalue weighted by Crippen LogP contribution is -2.40. The van der Waals surface area contributed by atoms with Crippen LogP contribution < -0.4 is 0 Å². The van der Waals surface area contributed by atoms with Crippen LogP contribution in [0.4, 0.5) is 0 Å². The normalized spacial score (nSPS) is 29.1. The number of rotatable bonds is 3. The average molecular weight is 229 g/mol. The van der Waals surface area contributed by atoms with E-state index in [1.54, 1.807) is 13.0 Å². The maximum Gasteiger partial charge on any atom is 0.330 e. The fourth-order valence-corrected chi connectivity index (χ4v) is 3.17. The summed E-state index contributed by atoms with van der Waals surface area (Å²) in [4.78, 5) is 12.9. The van der Waals surface area contributed by atoms with E-state index in [1.807, 2.05) is 11.8 Å². The lowest BCUT2D eigenvalue weighted by molar-refractivity contribution is -0.132. The van der Waals surface area contributed by atoms with Crippen molar-refractivity contribution >= 4 is 17.7 Å². The Morgan fingerprint density at radius 2 is 2.00 bits per heavy atom. The molecule has 0 aromatic heterocycles. The van der Waals surface area contributed by atoms with Gasteiger partial charge >= 0.3 is 5.97 Å². The Morgan fingerprint density at radius 1 is 1.47 bits per heavy atom. The van der Waals surface area contributed by atoms with Crippen LogP contribution in [0.15, 0.2) is 11.6 Å². The predicted octanol–water partition coefficient (Wildman–Crippen LogP) is 1.84. The maximum absolute atomic E-state index is 10.6. The second-order valence-corrected chi connectivity index (χ2v) is 6.05. The fourth-order valence-electron chi connectivity index (χ4n) is 1.79. The summed E-state index contributed by atoms with van der Waals surface area (Å²) < 4.78 is 0. The molecule has 0 radical (unpaired) electrons. The summed E-state index contributed by atoms with van der Waals surface area (Å²) in [7, 11) is 0. The second kappa shape index (κ2) is 5.56. The molecule has 1 N–H and O–H groups in total. The van der Waals surface area contributed by atoms with Gasteiger partial charge in [-0.25, -0.2) is 4.79 Å². The molecule has 1 aliphatic heterocycles. The Morgan fingerprint density at radius 3 is 2.47 bits per heavy atom. The van der Waals surface area contributed by atoms with Gasteiger partial charge in [0.15, 0.2) is 0 Å². The summed E-state index contributed by atoms with van der Waals surface area (Å²) in [6.45, 7) is 8.96. The van der Waals surface area contributed by atoms with Gasteiger partial charge in [0.1, 0.15) is 0 Å². The van der Waals surface area contributed by atoms with Crippen molar-refractivity contribution in [3.05, 3.63) is 11.6 Å². The minimum atomic E-state index is -0.817. The molecule has 2 atom stereocenters. The number of hydrogen-bond donors (Lipinski definition) is 1. The molecule has 4 heteroatoms. The van der Waals surface area contributed by atoms with Crippen molar-refractivity contribution in [3.8, 4) is 0 Å². The Kier molecular flexibility index (Phi) is 4.67. The second-order valence-electron chi connectivity index (χ2n) is 4.17. The predicted molar refractivity (Wildman–Crippen MR) is 64.3 cm³/mol. The van der Waals surface area contributed by atoms with Crippen LogP contribution in [0, 0.1) is 0 Å². The van der Waals surface area contributed by atoms with E-state index >= 15 is 0 Å². The van der Waals surface area contributed by atoms with E-state index in [9.17, 15) is 4.79 Å². The number of carboxylic acid groups (broad SMARTS) is 1. The molecule has 0 aliphatic carbocycles. The number of aliphatic carboxylic acids is 1. The number of carbonyl (C=O) groups is 1. The van der Waals surface area contributed by atoms with Crippen molar-refractivity contribution in [2.24, 2.45) is 0 Å². The molecule has 0 bridgehead atoms. The molecule has 0 saturated carbocycles. The van der Waals surface area contributed by atoms with Gasteiger partial charge in [-0.15, -0.1) is 0 Å². The highest BCUT2D eigenvalue weighted by molar-refractivity contribution is 8.00. The molecule has 1 rings (SSSR count). The molecule has 0 aromatic rings. The van der Waals surface area contributed by atoms with Gasteiger partial charge in [-0.05, 0) is 6.92 Å². The molecule has 0 spiro atoms. The first-order valence-electron chi connectivity index (χ1n) is 5.27. The topological polar surface area (TPSA) is 40.5 Å². The first-order valence-corrected chi connectivity index (χ1v) is 6.21. The van der Waals surface area contributed by atoms with Crippen molar-refractivity contribution in [2.45, 2.75) is 31.3 Å². The third-order valence-electron chi connectivity index (χ3n) is 2.49. The highest BCUT2D eigenvalue weighted by Crippen LogP contribution is 2.24. The SMILES string of the molecule is CC(=CCN1CC(C)SC(C)C1)C(=O)O. The van der Waals surface area contributed by atoms with Crippen LogP contribution in [0.3, 0.4) is 0 Å². The van der Waals surface area contributed by atoms with E-state index in [4.69, 9.17) is 5.11 Å². The van der Waals surface area contributed by atoms with Crippen molar-refractivity contribution < 1.29 is 9.90 Å². The van der Waals surface area contributed by atoms with E-state index in [0.29, 0.717) is 16.1 Å². The van der Waals surface area contributed by atoms with E-state index in [0.717, 1.165) is 19.6 Å². The first kappa shape index (κ1) is 12.6. The van der Waals surface area contributed by atoms with Crippen LogP contribution >= 0.6 is 11.8 Å². The number of hydrogen-bond acceptors (Lipinski definition) is 3. The van der Waals surface area contributed by atoms with Crippen LogP contribution in [0.5, 0.6) is 0 Å².